The second-order valence-corrected chi connectivity index (χ2v) is 5.88. The number of nitrogens with two attached hydrogens (primary N) is 1. The molecule has 1 heterocycles. The van der Waals surface area contributed by atoms with Crippen LogP contribution >= 0.6 is 0 Å². The fourth-order valence-corrected chi connectivity index (χ4v) is 2.88. The first-order chi connectivity index (χ1) is 10.5. The third kappa shape index (κ3) is 4.45. The van der Waals surface area contributed by atoms with Gasteiger partial charge in [0.1, 0.15) is 5.75 Å². The molecular weight excluding hydrogens is 280 g/mol. The lowest BCUT2D eigenvalue weighted by molar-refractivity contribution is -0.0675. The molecule has 122 valence electrons. The van der Waals surface area contributed by atoms with Crippen molar-refractivity contribution in [3.8, 4) is 5.75 Å². The Bertz CT molecular complexity index is 509. The van der Waals surface area contributed by atoms with Crippen LogP contribution in [0.4, 0.5) is 5.69 Å². The number of morpholine rings is 1. The zero-order chi connectivity index (χ0) is 16.1. The third-order valence-electron chi connectivity index (χ3n) is 3.78. The Morgan fingerprint density at radius 2 is 2.05 bits per heavy atom. The van der Waals surface area contributed by atoms with E-state index in [0.717, 1.165) is 19.6 Å². The molecule has 2 unspecified atom stereocenters. The summed E-state index contributed by atoms with van der Waals surface area (Å²) in [5.74, 6) is 0.747. The van der Waals surface area contributed by atoms with Crippen LogP contribution in [0, 0.1) is 0 Å². The molecule has 5 nitrogen and oxygen atoms in total. The Labute approximate surface area is 132 Å². The lowest BCUT2D eigenvalue weighted by Gasteiger charge is -2.35. The van der Waals surface area contributed by atoms with Crippen molar-refractivity contribution in [1.82, 2.24) is 4.90 Å². The van der Waals surface area contributed by atoms with Gasteiger partial charge in [-0.1, -0.05) is 0 Å². The summed E-state index contributed by atoms with van der Waals surface area (Å²) in [7, 11) is 0. The van der Waals surface area contributed by atoms with Gasteiger partial charge in [-0.15, -0.1) is 0 Å². The Morgan fingerprint density at radius 1 is 1.36 bits per heavy atom. The Kier molecular flexibility index (Phi) is 5.80. The molecule has 0 aliphatic carbocycles. The maximum Gasteiger partial charge on any atom is 0.164 e. The van der Waals surface area contributed by atoms with E-state index in [1.165, 1.54) is 0 Å². The van der Waals surface area contributed by atoms with E-state index in [9.17, 15) is 4.79 Å². The highest BCUT2D eigenvalue weighted by molar-refractivity contribution is 5.97. The van der Waals surface area contributed by atoms with Crippen LogP contribution in [0.15, 0.2) is 18.2 Å². The number of hydrogen-bond acceptors (Lipinski definition) is 5. The van der Waals surface area contributed by atoms with Crippen molar-refractivity contribution in [3.63, 3.8) is 0 Å². The predicted molar refractivity (Wildman–Crippen MR) is 87.4 cm³/mol. The number of hydrogen-bond donors (Lipinski definition) is 1. The van der Waals surface area contributed by atoms with Crippen LogP contribution < -0.4 is 10.5 Å². The molecule has 1 aliphatic rings. The van der Waals surface area contributed by atoms with E-state index in [4.69, 9.17) is 15.2 Å². The van der Waals surface area contributed by atoms with Gasteiger partial charge in [-0.25, -0.2) is 0 Å². The number of nitrogen functional groups attached to an aromatic ring is 1. The molecule has 0 spiro atoms. The molecule has 2 N–H and O–H groups in total. The first-order valence-electron chi connectivity index (χ1n) is 7.93. The van der Waals surface area contributed by atoms with Crippen LogP contribution in [0.1, 0.15) is 37.6 Å². The fourth-order valence-electron chi connectivity index (χ4n) is 2.88. The van der Waals surface area contributed by atoms with Gasteiger partial charge in [-0.2, -0.15) is 0 Å². The van der Waals surface area contributed by atoms with Crippen LogP contribution in [-0.4, -0.2) is 49.1 Å². The van der Waals surface area contributed by atoms with Crippen molar-refractivity contribution in [3.05, 3.63) is 23.8 Å². The highest BCUT2D eigenvalue weighted by Gasteiger charge is 2.22. The quantitative estimate of drug-likeness (QED) is 0.645. The molecule has 1 aromatic rings. The molecule has 1 aliphatic heterocycles. The lowest BCUT2D eigenvalue weighted by atomic mass is 10.1. The molecule has 0 saturated carbocycles. The SMILES string of the molecule is CCOc1ccc(C(=O)CCN2CC(C)OC(C)C2)cc1N. The maximum absolute atomic E-state index is 12.3. The van der Waals surface area contributed by atoms with E-state index >= 15 is 0 Å². The third-order valence-corrected chi connectivity index (χ3v) is 3.78. The summed E-state index contributed by atoms with van der Waals surface area (Å²) in [6.45, 7) is 9.11. The minimum Gasteiger partial charge on any atom is -0.492 e. The normalized spacial score (nSPS) is 22.5. The number of carbonyl (C=O) groups excluding carboxylic acids is 1. The predicted octanol–water partition coefficient (Wildman–Crippen LogP) is 2.35. The number of nitrogens with zero attached hydrogens (tertiary/aromatic N) is 1. The molecule has 2 atom stereocenters. The summed E-state index contributed by atoms with van der Waals surface area (Å²) in [5, 5.41) is 0. The summed E-state index contributed by atoms with van der Waals surface area (Å²) < 4.78 is 11.1. The highest BCUT2D eigenvalue weighted by Crippen LogP contribution is 2.23. The number of ketones is 1. The Balaban J connectivity index is 1.90. The van der Waals surface area contributed by atoms with Gasteiger partial charge in [0.25, 0.3) is 0 Å². The number of rotatable bonds is 6. The van der Waals surface area contributed by atoms with E-state index in [0.29, 0.717) is 30.0 Å². The molecule has 0 amide bonds. The molecule has 5 heteroatoms. The lowest BCUT2D eigenvalue weighted by Crippen LogP contribution is -2.46. The number of benzene rings is 1. The average molecular weight is 306 g/mol. The van der Waals surface area contributed by atoms with Crippen molar-refractivity contribution >= 4 is 11.5 Å². The van der Waals surface area contributed by atoms with E-state index < -0.39 is 0 Å². The summed E-state index contributed by atoms with van der Waals surface area (Å²) in [6, 6.07) is 5.26. The van der Waals surface area contributed by atoms with Crippen molar-refractivity contribution in [2.24, 2.45) is 0 Å². The molecule has 22 heavy (non-hydrogen) atoms. The van der Waals surface area contributed by atoms with Gasteiger partial charge < -0.3 is 15.2 Å². The van der Waals surface area contributed by atoms with Crippen LogP contribution in [0.5, 0.6) is 5.75 Å². The second kappa shape index (κ2) is 7.61. The summed E-state index contributed by atoms with van der Waals surface area (Å²) in [6.07, 6.45) is 0.937. The zero-order valence-corrected chi connectivity index (χ0v) is 13.7. The van der Waals surface area contributed by atoms with Crippen LogP contribution in [0.3, 0.4) is 0 Å². The zero-order valence-electron chi connectivity index (χ0n) is 13.7. The van der Waals surface area contributed by atoms with E-state index in [-0.39, 0.29) is 18.0 Å². The molecule has 1 aromatic carbocycles. The molecule has 0 aromatic heterocycles. The first-order valence-corrected chi connectivity index (χ1v) is 7.93. The number of carbonyl (C=O) groups is 1. The standard InChI is InChI=1S/C17H26N2O3/c1-4-21-17-6-5-14(9-15(17)18)16(20)7-8-19-10-12(2)22-13(3)11-19/h5-6,9,12-13H,4,7-8,10-11,18H2,1-3H3. The van der Waals surface area contributed by atoms with Gasteiger partial charge in [0, 0.05) is 31.6 Å². The Hall–Kier alpha value is -1.59. The van der Waals surface area contributed by atoms with Gasteiger partial charge in [-0.3, -0.25) is 9.69 Å². The second-order valence-electron chi connectivity index (χ2n) is 5.88. The summed E-state index contributed by atoms with van der Waals surface area (Å²) in [5.41, 5.74) is 7.08. The topological polar surface area (TPSA) is 64.8 Å². The van der Waals surface area contributed by atoms with E-state index in [2.05, 4.69) is 18.7 Å². The van der Waals surface area contributed by atoms with Gasteiger partial charge in [0.05, 0.1) is 24.5 Å². The summed E-state index contributed by atoms with van der Waals surface area (Å²) in [4.78, 5) is 14.6. The van der Waals surface area contributed by atoms with Gasteiger partial charge in [-0.05, 0) is 39.0 Å². The van der Waals surface area contributed by atoms with Crippen LogP contribution in [-0.2, 0) is 4.74 Å². The van der Waals surface area contributed by atoms with Crippen molar-refractivity contribution in [1.29, 1.82) is 0 Å². The summed E-state index contributed by atoms with van der Waals surface area (Å²) >= 11 is 0. The number of Topliss-reactive ketones (excluding diaryl/α,β-unsaturated/α-hetero) is 1. The first kappa shape index (κ1) is 16.8. The van der Waals surface area contributed by atoms with Crippen molar-refractivity contribution in [2.45, 2.75) is 39.4 Å². The van der Waals surface area contributed by atoms with E-state index in [1.54, 1.807) is 18.2 Å². The van der Waals surface area contributed by atoms with Gasteiger partial charge in [0.15, 0.2) is 5.78 Å². The van der Waals surface area contributed by atoms with Crippen molar-refractivity contribution in [2.75, 3.05) is 32.0 Å². The minimum atomic E-state index is 0.113. The number of ether oxygens (including phenoxy) is 2. The molecular formula is C17H26N2O3. The van der Waals surface area contributed by atoms with Gasteiger partial charge >= 0.3 is 0 Å². The molecule has 1 fully saturated rings. The molecule has 2 rings (SSSR count). The minimum absolute atomic E-state index is 0.113. The molecule has 0 radical (unpaired) electrons. The van der Waals surface area contributed by atoms with Gasteiger partial charge in [0.2, 0.25) is 0 Å². The van der Waals surface area contributed by atoms with Crippen molar-refractivity contribution < 1.29 is 14.3 Å². The Morgan fingerprint density at radius 3 is 2.64 bits per heavy atom. The largest absolute Gasteiger partial charge is 0.492 e. The molecule has 0 bridgehead atoms. The average Bonchev–Trinajstić information content (AvgIpc) is 2.46. The molecule has 1 saturated heterocycles. The van der Waals surface area contributed by atoms with Crippen LogP contribution in [0.25, 0.3) is 0 Å². The fraction of sp³-hybridized carbons (Fsp3) is 0.588. The maximum atomic E-state index is 12.3. The number of anilines is 1. The monoisotopic (exact) mass is 306 g/mol. The smallest absolute Gasteiger partial charge is 0.164 e. The highest BCUT2D eigenvalue weighted by atomic mass is 16.5. The van der Waals surface area contributed by atoms with E-state index in [1.807, 2.05) is 6.92 Å². The van der Waals surface area contributed by atoms with Crippen LogP contribution in [0.2, 0.25) is 0 Å².